The van der Waals surface area contributed by atoms with Gasteiger partial charge in [0.05, 0.1) is 12.2 Å². The maximum Gasteiger partial charge on any atom is 0.165 e. The second-order valence-electron chi connectivity index (χ2n) is 7.95. The van der Waals surface area contributed by atoms with Crippen LogP contribution in [0.15, 0.2) is 36.4 Å². The third-order valence-corrected chi connectivity index (χ3v) is 5.83. The lowest BCUT2D eigenvalue weighted by Gasteiger charge is -2.36. The molecule has 2 nitrogen and oxygen atoms in total. The molecule has 1 N–H and O–H groups in total. The predicted molar refractivity (Wildman–Crippen MR) is 108 cm³/mol. The van der Waals surface area contributed by atoms with Crippen LogP contribution in [0.25, 0.3) is 11.1 Å². The first-order valence-electron chi connectivity index (χ1n) is 10.4. The highest BCUT2D eigenvalue weighted by molar-refractivity contribution is 5.65. The molecule has 1 aliphatic rings. The molecule has 0 aromatic heterocycles. The van der Waals surface area contributed by atoms with E-state index < -0.39 is 17.2 Å². The molecule has 0 bridgehead atoms. The van der Waals surface area contributed by atoms with E-state index in [-0.39, 0.29) is 5.75 Å². The molecule has 0 spiro atoms. The van der Waals surface area contributed by atoms with Gasteiger partial charge in [-0.2, -0.15) is 0 Å². The Morgan fingerprint density at radius 1 is 0.964 bits per heavy atom. The molecule has 0 aliphatic heterocycles. The van der Waals surface area contributed by atoms with Crippen LogP contribution in [0.4, 0.5) is 8.78 Å². The Balaban J connectivity index is 1.78. The number of halogens is 2. The second-order valence-corrected chi connectivity index (χ2v) is 7.95. The summed E-state index contributed by atoms with van der Waals surface area (Å²) in [6.07, 6.45) is 6.14. The Kier molecular flexibility index (Phi) is 6.71. The van der Waals surface area contributed by atoms with Gasteiger partial charge in [-0.05, 0) is 67.3 Å². The van der Waals surface area contributed by atoms with Gasteiger partial charge in [0.25, 0.3) is 0 Å². The lowest BCUT2D eigenvalue weighted by atomic mass is 9.74. The number of ether oxygens (including phenoxy) is 1. The first-order chi connectivity index (χ1) is 13.5. The molecule has 2 aromatic carbocycles. The molecular weight excluding hydrogens is 358 g/mol. The van der Waals surface area contributed by atoms with Crippen molar-refractivity contribution in [2.75, 3.05) is 6.61 Å². The fourth-order valence-corrected chi connectivity index (χ4v) is 4.20. The van der Waals surface area contributed by atoms with Crippen molar-refractivity contribution in [2.45, 2.75) is 64.4 Å². The molecule has 0 radical (unpaired) electrons. The second kappa shape index (κ2) is 9.04. The van der Waals surface area contributed by atoms with Crippen molar-refractivity contribution in [3.05, 3.63) is 53.6 Å². The maximum absolute atomic E-state index is 14.9. The Labute approximate surface area is 166 Å². The SMILES string of the molecule is CCCOc1ccc(-c2ccc(C3(O)CCC(CCC)CC3)c(F)c2)cc1F. The first-order valence-corrected chi connectivity index (χ1v) is 10.4. The van der Waals surface area contributed by atoms with E-state index in [1.807, 2.05) is 6.92 Å². The van der Waals surface area contributed by atoms with Gasteiger partial charge in [0, 0.05) is 5.56 Å². The fourth-order valence-electron chi connectivity index (χ4n) is 4.20. The van der Waals surface area contributed by atoms with E-state index in [0.717, 1.165) is 25.7 Å². The lowest BCUT2D eigenvalue weighted by Crippen LogP contribution is -2.32. The van der Waals surface area contributed by atoms with Crippen LogP contribution in [0.5, 0.6) is 5.75 Å². The molecule has 0 atom stereocenters. The summed E-state index contributed by atoms with van der Waals surface area (Å²) in [5.41, 5.74) is 0.432. The Bertz CT molecular complexity index is 795. The minimum atomic E-state index is -1.10. The van der Waals surface area contributed by atoms with E-state index >= 15 is 0 Å². The van der Waals surface area contributed by atoms with E-state index in [1.165, 1.54) is 18.6 Å². The minimum absolute atomic E-state index is 0.209. The third-order valence-electron chi connectivity index (χ3n) is 5.83. The summed E-state index contributed by atoms with van der Waals surface area (Å²) < 4.78 is 34.5. The van der Waals surface area contributed by atoms with Crippen molar-refractivity contribution >= 4 is 0 Å². The zero-order valence-corrected chi connectivity index (χ0v) is 16.8. The molecule has 0 unspecified atom stereocenters. The minimum Gasteiger partial charge on any atom is -0.491 e. The molecule has 28 heavy (non-hydrogen) atoms. The van der Waals surface area contributed by atoms with Crippen molar-refractivity contribution in [1.82, 2.24) is 0 Å². The topological polar surface area (TPSA) is 29.5 Å². The molecule has 0 amide bonds. The zero-order chi connectivity index (χ0) is 20.1. The standard InChI is InChI=1S/C24H30F2O2/c1-3-5-17-10-12-24(27,13-11-17)20-8-6-18(15-21(20)25)19-7-9-23(22(26)16-19)28-14-4-2/h6-9,15-17,27H,3-5,10-14H2,1-2H3. The molecule has 4 heteroatoms. The Morgan fingerprint density at radius 3 is 2.18 bits per heavy atom. The van der Waals surface area contributed by atoms with Gasteiger partial charge in [-0.3, -0.25) is 0 Å². The fraction of sp³-hybridized carbons (Fsp3) is 0.500. The summed E-state index contributed by atoms with van der Waals surface area (Å²) in [6.45, 7) is 4.59. The highest BCUT2D eigenvalue weighted by Gasteiger charge is 2.36. The van der Waals surface area contributed by atoms with Crippen LogP contribution >= 0.6 is 0 Å². The van der Waals surface area contributed by atoms with E-state index in [1.54, 1.807) is 24.3 Å². The van der Waals surface area contributed by atoms with Gasteiger partial charge in [0.2, 0.25) is 0 Å². The molecule has 0 heterocycles. The van der Waals surface area contributed by atoms with E-state index in [4.69, 9.17) is 4.74 Å². The van der Waals surface area contributed by atoms with E-state index in [0.29, 0.717) is 42.1 Å². The number of benzene rings is 2. The predicted octanol–water partition coefficient (Wildman–Crippen LogP) is 6.60. The van der Waals surface area contributed by atoms with Gasteiger partial charge in [0.15, 0.2) is 11.6 Å². The lowest BCUT2D eigenvalue weighted by molar-refractivity contribution is -0.0180. The summed E-state index contributed by atoms with van der Waals surface area (Å²) >= 11 is 0. The number of hydrogen-bond acceptors (Lipinski definition) is 2. The first kappa shape index (κ1) is 20.8. The molecule has 1 saturated carbocycles. The summed E-state index contributed by atoms with van der Waals surface area (Å²) in [5.74, 6) is -0.0474. The summed E-state index contributed by atoms with van der Waals surface area (Å²) in [5, 5.41) is 11.0. The highest BCUT2D eigenvalue weighted by atomic mass is 19.1. The highest BCUT2D eigenvalue weighted by Crippen LogP contribution is 2.42. The molecular formula is C24H30F2O2. The largest absolute Gasteiger partial charge is 0.491 e. The zero-order valence-electron chi connectivity index (χ0n) is 16.8. The average Bonchev–Trinajstić information content (AvgIpc) is 2.69. The van der Waals surface area contributed by atoms with Crippen LogP contribution in [0, 0.1) is 17.6 Å². The van der Waals surface area contributed by atoms with Crippen LogP contribution in [-0.2, 0) is 5.60 Å². The van der Waals surface area contributed by atoms with Crippen LogP contribution in [0.3, 0.4) is 0 Å². The molecule has 2 aromatic rings. The van der Waals surface area contributed by atoms with Crippen molar-refractivity contribution in [3.63, 3.8) is 0 Å². The third kappa shape index (κ3) is 4.54. The summed E-state index contributed by atoms with van der Waals surface area (Å²) in [4.78, 5) is 0. The number of rotatable bonds is 7. The monoisotopic (exact) mass is 388 g/mol. The molecule has 1 fully saturated rings. The molecule has 152 valence electrons. The normalized spacial score (nSPS) is 22.2. The number of aliphatic hydroxyl groups is 1. The summed E-state index contributed by atoms with van der Waals surface area (Å²) in [7, 11) is 0. The van der Waals surface area contributed by atoms with Crippen molar-refractivity contribution in [1.29, 1.82) is 0 Å². The van der Waals surface area contributed by atoms with Gasteiger partial charge >= 0.3 is 0 Å². The van der Waals surface area contributed by atoms with Crippen molar-refractivity contribution in [3.8, 4) is 16.9 Å². The van der Waals surface area contributed by atoms with Crippen LogP contribution in [0.1, 0.15) is 64.4 Å². The summed E-state index contributed by atoms with van der Waals surface area (Å²) in [6, 6.07) is 9.48. The van der Waals surface area contributed by atoms with Gasteiger partial charge in [-0.1, -0.05) is 44.9 Å². The number of hydrogen-bond donors (Lipinski definition) is 1. The van der Waals surface area contributed by atoms with Crippen LogP contribution in [0.2, 0.25) is 0 Å². The van der Waals surface area contributed by atoms with Crippen molar-refractivity contribution in [2.24, 2.45) is 5.92 Å². The molecule has 3 rings (SSSR count). The van der Waals surface area contributed by atoms with Crippen molar-refractivity contribution < 1.29 is 18.6 Å². The average molecular weight is 388 g/mol. The maximum atomic E-state index is 14.9. The van der Waals surface area contributed by atoms with E-state index in [2.05, 4.69) is 6.92 Å². The smallest absolute Gasteiger partial charge is 0.165 e. The quantitative estimate of drug-likeness (QED) is 0.579. The van der Waals surface area contributed by atoms with Gasteiger partial charge in [-0.15, -0.1) is 0 Å². The van der Waals surface area contributed by atoms with E-state index in [9.17, 15) is 13.9 Å². The molecule has 1 aliphatic carbocycles. The van der Waals surface area contributed by atoms with Crippen LogP contribution < -0.4 is 4.74 Å². The Hall–Kier alpha value is -1.94. The Morgan fingerprint density at radius 2 is 1.61 bits per heavy atom. The van der Waals surface area contributed by atoms with Crippen LogP contribution in [-0.4, -0.2) is 11.7 Å². The van der Waals surface area contributed by atoms with Gasteiger partial charge in [0.1, 0.15) is 5.82 Å². The van der Waals surface area contributed by atoms with Gasteiger partial charge in [-0.25, -0.2) is 8.78 Å². The molecule has 0 saturated heterocycles. The van der Waals surface area contributed by atoms with Gasteiger partial charge < -0.3 is 9.84 Å².